The van der Waals surface area contributed by atoms with Crippen molar-refractivity contribution >= 4 is 0 Å². The van der Waals surface area contributed by atoms with Crippen LogP contribution in [0.3, 0.4) is 0 Å². The van der Waals surface area contributed by atoms with E-state index in [0.29, 0.717) is 6.04 Å². The van der Waals surface area contributed by atoms with Gasteiger partial charge in [-0.05, 0) is 37.9 Å². The third kappa shape index (κ3) is 2.92. The quantitative estimate of drug-likeness (QED) is 0.772. The molecule has 0 aliphatic carbocycles. The highest BCUT2D eigenvalue weighted by Crippen LogP contribution is 2.27. The second kappa shape index (κ2) is 5.72. The zero-order chi connectivity index (χ0) is 12.3. The molecule has 1 aliphatic rings. The van der Waals surface area contributed by atoms with Gasteiger partial charge in [-0.3, -0.25) is 4.90 Å². The summed E-state index contributed by atoms with van der Waals surface area (Å²) in [5, 5.41) is 0. The average Bonchev–Trinajstić information content (AvgIpc) is 2.69. The Hall–Kier alpha value is -0.760. The predicted molar refractivity (Wildman–Crippen MR) is 71.2 cm³/mol. The molecule has 0 aromatic carbocycles. The lowest BCUT2D eigenvalue weighted by atomic mass is 9.96. The van der Waals surface area contributed by atoms with E-state index < -0.39 is 0 Å². The van der Waals surface area contributed by atoms with Gasteiger partial charge in [0.1, 0.15) is 11.5 Å². The van der Waals surface area contributed by atoms with Crippen molar-refractivity contribution < 1.29 is 4.42 Å². The van der Waals surface area contributed by atoms with Crippen molar-refractivity contribution in [3.63, 3.8) is 0 Å². The highest BCUT2D eigenvalue weighted by Gasteiger charge is 2.25. The van der Waals surface area contributed by atoms with Crippen LogP contribution in [0.4, 0.5) is 0 Å². The molecule has 2 heteroatoms. The molecule has 2 heterocycles. The number of likely N-dealkylation sites (N-methyl/N-ethyl adjacent to an activating group) is 1. The van der Waals surface area contributed by atoms with Gasteiger partial charge in [-0.1, -0.05) is 26.7 Å². The molecule has 0 saturated carbocycles. The van der Waals surface area contributed by atoms with Crippen LogP contribution >= 0.6 is 0 Å². The first kappa shape index (κ1) is 12.7. The lowest BCUT2D eigenvalue weighted by molar-refractivity contribution is 0.183. The van der Waals surface area contributed by atoms with Crippen molar-refractivity contribution in [2.45, 2.75) is 65.0 Å². The number of aryl methyl sites for hydroxylation is 1. The van der Waals surface area contributed by atoms with Crippen LogP contribution in [-0.2, 0) is 19.4 Å². The van der Waals surface area contributed by atoms with E-state index in [-0.39, 0.29) is 0 Å². The van der Waals surface area contributed by atoms with Gasteiger partial charge in [0.2, 0.25) is 0 Å². The first-order valence-electron chi connectivity index (χ1n) is 7.05. The number of hydrogen-bond acceptors (Lipinski definition) is 2. The van der Waals surface area contributed by atoms with Crippen LogP contribution in [0, 0.1) is 0 Å². The molecule has 0 N–H and O–H groups in total. The van der Waals surface area contributed by atoms with Crippen LogP contribution in [0.1, 0.15) is 56.6 Å². The average molecular weight is 235 g/mol. The third-order valence-electron chi connectivity index (χ3n) is 3.82. The summed E-state index contributed by atoms with van der Waals surface area (Å²) in [6.07, 6.45) is 7.32. The number of rotatable bonds is 5. The monoisotopic (exact) mass is 235 g/mol. The number of fused-ring (bicyclic) bond motifs is 1. The molecule has 1 atom stereocenters. The Kier molecular flexibility index (Phi) is 4.27. The SMILES string of the molecule is CCCCc1cc2c(o1)CN(C)C(CCC)C2. The van der Waals surface area contributed by atoms with Crippen molar-refractivity contribution in [2.75, 3.05) is 7.05 Å². The highest BCUT2D eigenvalue weighted by atomic mass is 16.3. The summed E-state index contributed by atoms with van der Waals surface area (Å²) in [5.74, 6) is 2.41. The smallest absolute Gasteiger partial charge is 0.121 e. The summed E-state index contributed by atoms with van der Waals surface area (Å²) in [4.78, 5) is 2.44. The van der Waals surface area contributed by atoms with E-state index in [0.717, 1.165) is 13.0 Å². The van der Waals surface area contributed by atoms with Gasteiger partial charge >= 0.3 is 0 Å². The molecule has 2 rings (SSSR count). The van der Waals surface area contributed by atoms with Crippen LogP contribution in [0.5, 0.6) is 0 Å². The van der Waals surface area contributed by atoms with Crippen LogP contribution in [-0.4, -0.2) is 18.0 Å². The number of unbranched alkanes of at least 4 members (excludes halogenated alkanes) is 1. The minimum absolute atomic E-state index is 0.712. The van der Waals surface area contributed by atoms with E-state index in [1.165, 1.54) is 49.2 Å². The summed E-state index contributed by atoms with van der Waals surface area (Å²) >= 11 is 0. The molecule has 0 radical (unpaired) electrons. The van der Waals surface area contributed by atoms with Crippen LogP contribution in [0.15, 0.2) is 10.5 Å². The fourth-order valence-corrected chi connectivity index (χ4v) is 2.73. The normalized spacial score (nSPS) is 20.5. The van der Waals surface area contributed by atoms with Gasteiger partial charge in [0.15, 0.2) is 0 Å². The number of furan rings is 1. The molecule has 1 aromatic rings. The maximum absolute atomic E-state index is 5.96. The summed E-state index contributed by atoms with van der Waals surface area (Å²) in [7, 11) is 2.22. The molecule has 0 amide bonds. The van der Waals surface area contributed by atoms with Gasteiger partial charge in [-0.15, -0.1) is 0 Å². The molecule has 1 aromatic heterocycles. The van der Waals surface area contributed by atoms with Crippen molar-refractivity contribution in [1.82, 2.24) is 4.90 Å². The summed E-state index contributed by atoms with van der Waals surface area (Å²) in [6.45, 7) is 5.49. The summed E-state index contributed by atoms with van der Waals surface area (Å²) in [6, 6.07) is 3.02. The van der Waals surface area contributed by atoms with Gasteiger partial charge in [0.25, 0.3) is 0 Å². The van der Waals surface area contributed by atoms with Crippen LogP contribution in [0.25, 0.3) is 0 Å². The fourth-order valence-electron chi connectivity index (χ4n) is 2.73. The Labute approximate surface area is 105 Å². The van der Waals surface area contributed by atoms with E-state index >= 15 is 0 Å². The first-order valence-corrected chi connectivity index (χ1v) is 7.05. The molecule has 96 valence electrons. The Morgan fingerprint density at radius 1 is 1.35 bits per heavy atom. The van der Waals surface area contributed by atoms with Gasteiger partial charge in [-0.25, -0.2) is 0 Å². The molecule has 17 heavy (non-hydrogen) atoms. The van der Waals surface area contributed by atoms with Crippen molar-refractivity contribution in [3.05, 3.63) is 23.2 Å². The second-order valence-corrected chi connectivity index (χ2v) is 5.33. The molecule has 0 spiro atoms. The molecule has 1 unspecified atom stereocenters. The fraction of sp³-hybridized carbons (Fsp3) is 0.733. The van der Waals surface area contributed by atoms with Crippen LogP contribution in [0.2, 0.25) is 0 Å². The number of nitrogens with zero attached hydrogens (tertiary/aromatic N) is 1. The second-order valence-electron chi connectivity index (χ2n) is 5.33. The summed E-state index contributed by atoms with van der Waals surface area (Å²) in [5.41, 5.74) is 1.47. The minimum Gasteiger partial charge on any atom is -0.464 e. The van der Waals surface area contributed by atoms with E-state index in [4.69, 9.17) is 4.42 Å². The highest BCUT2D eigenvalue weighted by molar-refractivity contribution is 5.25. The Morgan fingerprint density at radius 2 is 2.18 bits per heavy atom. The molecular formula is C15H25NO. The van der Waals surface area contributed by atoms with Gasteiger partial charge < -0.3 is 4.42 Å². The summed E-state index contributed by atoms with van der Waals surface area (Å²) < 4.78 is 5.96. The molecule has 0 bridgehead atoms. The maximum Gasteiger partial charge on any atom is 0.121 e. The maximum atomic E-state index is 5.96. The molecule has 2 nitrogen and oxygen atoms in total. The third-order valence-corrected chi connectivity index (χ3v) is 3.82. The molecule has 0 saturated heterocycles. The van der Waals surface area contributed by atoms with Crippen molar-refractivity contribution in [2.24, 2.45) is 0 Å². The number of hydrogen-bond donors (Lipinski definition) is 0. The van der Waals surface area contributed by atoms with Crippen molar-refractivity contribution in [1.29, 1.82) is 0 Å². The standard InChI is InChI=1S/C15H25NO/c1-4-6-8-14-10-12-9-13(7-5-2)16(3)11-15(12)17-14/h10,13H,4-9,11H2,1-3H3. The largest absolute Gasteiger partial charge is 0.464 e. The zero-order valence-electron chi connectivity index (χ0n) is 11.5. The zero-order valence-corrected chi connectivity index (χ0v) is 11.5. The van der Waals surface area contributed by atoms with Gasteiger partial charge in [-0.2, -0.15) is 0 Å². The first-order chi connectivity index (χ1) is 8.24. The Morgan fingerprint density at radius 3 is 2.88 bits per heavy atom. The predicted octanol–water partition coefficient (Wildman–Crippen LogP) is 3.78. The lowest BCUT2D eigenvalue weighted by Gasteiger charge is -2.31. The Bertz CT molecular complexity index is 356. The molecule has 0 fully saturated rings. The molecular weight excluding hydrogens is 210 g/mol. The minimum atomic E-state index is 0.712. The van der Waals surface area contributed by atoms with Crippen molar-refractivity contribution in [3.8, 4) is 0 Å². The molecule has 1 aliphatic heterocycles. The van der Waals surface area contributed by atoms with E-state index in [1.807, 2.05) is 0 Å². The van der Waals surface area contributed by atoms with Gasteiger partial charge in [0.05, 0.1) is 6.54 Å². The van der Waals surface area contributed by atoms with E-state index in [2.05, 4.69) is 31.9 Å². The van der Waals surface area contributed by atoms with Gasteiger partial charge in [0, 0.05) is 12.5 Å². The lowest BCUT2D eigenvalue weighted by Crippen LogP contribution is -2.36. The Balaban J connectivity index is 2.06. The van der Waals surface area contributed by atoms with E-state index in [1.54, 1.807) is 0 Å². The van der Waals surface area contributed by atoms with E-state index in [9.17, 15) is 0 Å². The van der Waals surface area contributed by atoms with Crippen LogP contribution < -0.4 is 0 Å². The topological polar surface area (TPSA) is 16.4 Å².